The highest BCUT2D eigenvalue weighted by molar-refractivity contribution is 5.17. The standard InChI is InChI=1S/C14H18FN3/c1-2-13(16)14-9-17-10-18(14)8-7-11-5-3-4-6-12(11)15/h3-6,9-10,13H,2,7-8,16H2,1H3/t13-/m1/s1. The molecule has 0 saturated carbocycles. The van der Waals surface area contributed by atoms with Crippen LogP contribution in [0.5, 0.6) is 0 Å². The van der Waals surface area contributed by atoms with Gasteiger partial charge in [-0.05, 0) is 24.5 Å². The minimum atomic E-state index is -0.154. The first-order chi connectivity index (χ1) is 8.72. The molecule has 0 unspecified atom stereocenters. The maximum absolute atomic E-state index is 13.5. The Kier molecular flexibility index (Phi) is 4.10. The summed E-state index contributed by atoms with van der Waals surface area (Å²) in [6.45, 7) is 2.74. The second-order valence-electron chi connectivity index (χ2n) is 4.37. The van der Waals surface area contributed by atoms with Crippen molar-refractivity contribution in [2.75, 3.05) is 0 Å². The van der Waals surface area contributed by atoms with Crippen LogP contribution in [0.25, 0.3) is 0 Å². The molecule has 1 heterocycles. The summed E-state index contributed by atoms with van der Waals surface area (Å²) in [5.41, 5.74) is 7.74. The molecule has 3 nitrogen and oxygen atoms in total. The smallest absolute Gasteiger partial charge is 0.126 e. The molecule has 4 heteroatoms. The number of hydrogen-bond donors (Lipinski definition) is 1. The van der Waals surface area contributed by atoms with Crippen LogP contribution in [0.2, 0.25) is 0 Å². The highest BCUT2D eigenvalue weighted by atomic mass is 19.1. The van der Waals surface area contributed by atoms with Crippen molar-refractivity contribution in [2.24, 2.45) is 5.73 Å². The lowest BCUT2D eigenvalue weighted by Gasteiger charge is -2.13. The van der Waals surface area contributed by atoms with E-state index in [4.69, 9.17) is 5.73 Å². The molecule has 0 aliphatic rings. The number of halogens is 1. The van der Waals surface area contributed by atoms with Gasteiger partial charge in [0.1, 0.15) is 5.82 Å². The van der Waals surface area contributed by atoms with E-state index in [0.717, 1.165) is 17.7 Å². The number of aromatic nitrogens is 2. The zero-order chi connectivity index (χ0) is 13.0. The highest BCUT2D eigenvalue weighted by Crippen LogP contribution is 2.14. The molecular formula is C14H18FN3. The molecule has 0 amide bonds. The summed E-state index contributed by atoms with van der Waals surface area (Å²) in [6, 6.07) is 6.85. The highest BCUT2D eigenvalue weighted by Gasteiger charge is 2.10. The maximum Gasteiger partial charge on any atom is 0.126 e. The van der Waals surface area contributed by atoms with E-state index in [1.165, 1.54) is 6.07 Å². The van der Waals surface area contributed by atoms with Gasteiger partial charge in [0.05, 0.1) is 12.0 Å². The van der Waals surface area contributed by atoms with Crippen molar-refractivity contribution < 1.29 is 4.39 Å². The number of aryl methyl sites for hydroxylation is 2. The van der Waals surface area contributed by atoms with Crippen LogP contribution in [-0.4, -0.2) is 9.55 Å². The van der Waals surface area contributed by atoms with Gasteiger partial charge >= 0.3 is 0 Å². The van der Waals surface area contributed by atoms with Crippen LogP contribution >= 0.6 is 0 Å². The molecular weight excluding hydrogens is 229 g/mol. The van der Waals surface area contributed by atoms with E-state index in [1.807, 2.05) is 23.6 Å². The van der Waals surface area contributed by atoms with Crippen LogP contribution in [0.15, 0.2) is 36.8 Å². The normalized spacial score (nSPS) is 12.6. The van der Waals surface area contributed by atoms with Gasteiger partial charge in [-0.2, -0.15) is 0 Å². The van der Waals surface area contributed by atoms with Crippen LogP contribution in [0.1, 0.15) is 30.6 Å². The minimum Gasteiger partial charge on any atom is -0.333 e. The third kappa shape index (κ3) is 2.76. The molecule has 0 aliphatic heterocycles. The SMILES string of the molecule is CC[C@@H](N)c1cncn1CCc1ccccc1F. The Balaban J connectivity index is 2.07. The molecule has 0 saturated heterocycles. The summed E-state index contributed by atoms with van der Waals surface area (Å²) in [6.07, 6.45) is 5.05. The van der Waals surface area contributed by atoms with Gasteiger partial charge in [-0.15, -0.1) is 0 Å². The summed E-state index contributed by atoms with van der Waals surface area (Å²) in [5, 5.41) is 0. The van der Waals surface area contributed by atoms with Crippen LogP contribution in [0.3, 0.4) is 0 Å². The summed E-state index contributed by atoms with van der Waals surface area (Å²) < 4.78 is 15.5. The van der Waals surface area contributed by atoms with Crippen molar-refractivity contribution >= 4 is 0 Å². The quantitative estimate of drug-likeness (QED) is 0.882. The van der Waals surface area contributed by atoms with Gasteiger partial charge in [0.2, 0.25) is 0 Å². The molecule has 0 aliphatic carbocycles. The van der Waals surface area contributed by atoms with E-state index in [-0.39, 0.29) is 11.9 Å². The first-order valence-electron chi connectivity index (χ1n) is 6.21. The molecule has 1 atom stereocenters. The third-order valence-electron chi connectivity index (χ3n) is 3.14. The molecule has 96 valence electrons. The van der Waals surface area contributed by atoms with E-state index < -0.39 is 0 Å². The van der Waals surface area contributed by atoms with Crippen molar-refractivity contribution in [1.29, 1.82) is 0 Å². The van der Waals surface area contributed by atoms with Crippen molar-refractivity contribution in [3.63, 3.8) is 0 Å². The summed E-state index contributed by atoms with van der Waals surface area (Å²) in [4.78, 5) is 4.12. The van der Waals surface area contributed by atoms with Gasteiger partial charge in [0.15, 0.2) is 0 Å². The Labute approximate surface area is 106 Å². The largest absolute Gasteiger partial charge is 0.333 e. The number of rotatable bonds is 5. The second-order valence-corrected chi connectivity index (χ2v) is 4.37. The zero-order valence-electron chi connectivity index (χ0n) is 10.5. The summed E-state index contributed by atoms with van der Waals surface area (Å²) >= 11 is 0. The van der Waals surface area contributed by atoms with Gasteiger partial charge in [-0.25, -0.2) is 9.37 Å². The van der Waals surface area contributed by atoms with Gasteiger partial charge < -0.3 is 10.3 Å². The lowest BCUT2D eigenvalue weighted by Crippen LogP contribution is -2.15. The molecule has 0 fully saturated rings. The third-order valence-corrected chi connectivity index (χ3v) is 3.14. The molecule has 1 aromatic carbocycles. The summed E-state index contributed by atoms with van der Waals surface area (Å²) in [7, 11) is 0. The van der Waals surface area contributed by atoms with Gasteiger partial charge in [0.25, 0.3) is 0 Å². The Bertz CT molecular complexity index is 507. The number of nitrogens with zero attached hydrogens (tertiary/aromatic N) is 2. The Morgan fingerprint density at radius 3 is 2.89 bits per heavy atom. The fourth-order valence-corrected chi connectivity index (χ4v) is 1.98. The number of imidazole rings is 1. The van der Waals surface area contributed by atoms with Crippen molar-refractivity contribution in [2.45, 2.75) is 32.4 Å². The number of hydrogen-bond acceptors (Lipinski definition) is 2. The lowest BCUT2D eigenvalue weighted by atomic mass is 10.1. The topological polar surface area (TPSA) is 43.8 Å². The predicted octanol–water partition coefficient (Wildman–Crippen LogP) is 2.67. The second kappa shape index (κ2) is 5.78. The average Bonchev–Trinajstić information content (AvgIpc) is 2.85. The molecule has 2 rings (SSSR count). The first kappa shape index (κ1) is 12.8. The molecule has 0 spiro atoms. The Morgan fingerprint density at radius 2 is 2.17 bits per heavy atom. The fraction of sp³-hybridized carbons (Fsp3) is 0.357. The zero-order valence-corrected chi connectivity index (χ0v) is 10.5. The minimum absolute atomic E-state index is 0.00637. The van der Waals surface area contributed by atoms with E-state index >= 15 is 0 Å². The Morgan fingerprint density at radius 1 is 1.39 bits per heavy atom. The van der Waals surface area contributed by atoms with E-state index in [0.29, 0.717) is 13.0 Å². The maximum atomic E-state index is 13.5. The first-order valence-corrected chi connectivity index (χ1v) is 6.21. The van der Waals surface area contributed by atoms with E-state index in [2.05, 4.69) is 4.98 Å². The molecule has 18 heavy (non-hydrogen) atoms. The van der Waals surface area contributed by atoms with E-state index in [9.17, 15) is 4.39 Å². The molecule has 2 aromatic rings. The molecule has 0 bridgehead atoms. The predicted molar refractivity (Wildman–Crippen MR) is 69.6 cm³/mol. The average molecular weight is 247 g/mol. The van der Waals surface area contributed by atoms with Crippen LogP contribution in [0, 0.1) is 5.82 Å². The van der Waals surface area contributed by atoms with Gasteiger partial charge in [-0.3, -0.25) is 0 Å². The number of benzene rings is 1. The molecule has 0 radical (unpaired) electrons. The molecule has 1 aromatic heterocycles. The van der Waals surface area contributed by atoms with E-state index in [1.54, 1.807) is 18.6 Å². The van der Waals surface area contributed by atoms with Crippen molar-refractivity contribution in [1.82, 2.24) is 9.55 Å². The fourth-order valence-electron chi connectivity index (χ4n) is 1.98. The Hall–Kier alpha value is -1.68. The summed E-state index contributed by atoms with van der Waals surface area (Å²) in [5.74, 6) is -0.154. The number of nitrogens with two attached hydrogens (primary N) is 1. The van der Waals surface area contributed by atoms with Crippen molar-refractivity contribution in [3.05, 3.63) is 53.9 Å². The van der Waals surface area contributed by atoms with Crippen molar-refractivity contribution in [3.8, 4) is 0 Å². The molecule has 2 N–H and O–H groups in total. The van der Waals surface area contributed by atoms with Gasteiger partial charge in [0, 0.05) is 18.8 Å². The van der Waals surface area contributed by atoms with Gasteiger partial charge in [-0.1, -0.05) is 25.1 Å². The van der Waals surface area contributed by atoms with Crippen LogP contribution < -0.4 is 5.73 Å². The van der Waals surface area contributed by atoms with Crippen LogP contribution in [-0.2, 0) is 13.0 Å². The lowest BCUT2D eigenvalue weighted by molar-refractivity contribution is 0.567. The monoisotopic (exact) mass is 247 g/mol. The van der Waals surface area contributed by atoms with Crippen LogP contribution in [0.4, 0.5) is 4.39 Å².